The Balaban J connectivity index is 1.36. The van der Waals surface area contributed by atoms with E-state index in [0.29, 0.717) is 12.5 Å². The summed E-state index contributed by atoms with van der Waals surface area (Å²) in [6, 6.07) is 9.71. The van der Waals surface area contributed by atoms with Crippen LogP contribution < -0.4 is 5.32 Å². The summed E-state index contributed by atoms with van der Waals surface area (Å²) < 4.78 is 4.38. The van der Waals surface area contributed by atoms with Crippen LogP contribution in [-0.4, -0.2) is 39.3 Å². The van der Waals surface area contributed by atoms with Gasteiger partial charge in [-0.3, -0.25) is 4.79 Å². The highest BCUT2D eigenvalue weighted by Crippen LogP contribution is 2.41. The topological polar surface area (TPSA) is 58.1 Å². The minimum Gasteiger partial charge on any atom is -0.349 e. The molecule has 1 unspecified atom stereocenters. The average molecular weight is 314 g/mol. The molecule has 0 bridgehead atoms. The molecular weight excluding hydrogens is 296 g/mol. The van der Waals surface area contributed by atoms with Gasteiger partial charge in [-0.2, -0.15) is 4.37 Å². The van der Waals surface area contributed by atoms with E-state index in [-0.39, 0.29) is 11.9 Å². The van der Waals surface area contributed by atoms with Crippen molar-refractivity contribution in [2.75, 3.05) is 18.4 Å². The molecule has 2 aromatic rings. The largest absolute Gasteiger partial charge is 0.349 e. The Hall–Kier alpha value is -1.95. The summed E-state index contributed by atoms with van der Waals surface area (Å²) in [7, 11) is 0. The molecule has 2 fully saturated rings. The summed E-state index contributed by atoms with van der Waals surface area (Å²) in [6.07, 6.45) is 3.44. The number of amides is 1. The summed E-state index contributed by atoms with van der Waals surface area (Å²) in [4.78, 5) is 18.9. The highest BCUT2D eigenvalue weighted by atomic mass is 32.1. The lowest BCUT2D eigenvalue weighted by Crippen LogP contribution is -2.31. The zero-order chi connectivity index (χ0) is 14.9. The second kappa shape index (κ2) is 5.68. The molecule has 1 saturated carbocycles. The van der Waals surface area contributed by atoms with E-state index < -0.39 is 0 Å². The Labute approximate surface area is 133 Å². The van der Waals surface area contributed by atoms with Crippen LogP contribution in [0.2, 0.25) is 0 Å². The van der Waals surface area contributed by atoms with Crippen LogP contribution >= 0.6 is 11.5 Å². The number of benzene rings is 1. The van der Waals surface area contributed by atoms with Crippen molar-refractivity contribution in [2.24, 2.45) is 0 Å². The molecule has 2 aliphatic rings. The van der Waals surface area contributed by atoms with E-state index in [2.05, 4.69) is 14.7 Å². The lowest BCUT2D eigenvalue weighted by molar-refractivity contribution is 0.0791. The Morgan fingerprint density at radius 1 is 1.23 bits per heavy atom. The highest BCUT2D eigenvalue weighted by Gasteiger charge is 2.30. The standard InChI is InChI=1S/C16H18N4OS/c21-15(12-4-2-1-3-5-12)20-9-8-13(10-20)17-16-18-14(22-19-16)11-6-7-11/h1-5,11,13H,6-10H2,(H,17,19). The number of hydrogen-bond acceptors (Lipinski definition) is 5. The van der Waals surface area contributed by atoms with Gasteiger partial charge < -0.3 is 10.2 Å². The van der Waals surface area contributed by atoms with Gasteiger partial charge in [-0.15, -0.1) is 0 Å². The molecule has 22 heavy (non-hydrogen) atoms. The van der Waals surface area contributed by atoms with Crippen LogP contribution in [0.1, 0.15) is 40.5 Å². The SMILES string of the molecule is O=C(c1ccccc1)N1CCC(Nc2nsc(C3CC3)n2)C1. The number of carbonyl (C=O) groups excluding carboxylic acids is 1. The fraction of sp³-hybridized carbons (Fsp3) is 0.438. The van der Waals surface area contributed by atoms with Crippen LogP contribution in [0, 0.1) is 0 Å². The number of rotatable bonds is 4. The van der Waals surface area contributed by atoms with Gasteiger partial charge in [0.15, 0.2) is 0 Å². The molecule has 1 atom stereocenters. The van der Waals surface area contributed by atoms with Crippen LogP contribution in [-0.2, 0) is 0 Å². The van der Waals surface area contributed by atoms with Gasteiger partial charge in [0.05, 0.1) is 0 Å². The van der Waals surface area contributed by atoms with Gasteiger partial charge >= 0.3 is 0 Å². The summed E-state index contributed by atoms with van der Waals surface area (Å²) in [5, 5.41) is 4.53. The van der Waals surface area contributed by atoms with Gasteiger partial charge in [-0.05, 0) is 42.9 Å². The first-order valence-electron chi connectivity index (χ1n) is 7.74. The van der Waals surface area contributed by atoms with Gasteiger partial charge in [-0.25, -0.2) is 4.98 Å². The van der Waals surface area contributed by atoms with E-state index in [1.807, 2.05) is 35.2 Å². The first-order valence-corrected chi connectivity index (χ1v) is 8.51. The zero-order valence-corrected chi connectivity index (χ0v) is 13.1. The molecule has 1 aliphatic carbocycles. The molecule has 1 amide bonds. The van der Waals surface area contributed by atoms with Crippen molar-refractivity contribution in [3.05, 3.63) is 40.9 Å². The molecule has 1 aromatic carbocycles. The van der Waals surface area contributed by atoms with E-state index in [1.165, 1.54) is 24.4 Å². The first kappa shape index (κ1) is 13.7. The Bertz CT molecular complexity index is 668. The Morgan fingerprint density at radius 2 is 2.05 bits per heavy atom. The number of aromatic nitrogens is 2. The lowest BCUT2D eigenvalue weighted by atomic mass is 10.2. The van der Waals surface area contributed by atoms with Crippen LogP contribution in [0.15, 0.2) is 30.3 Å². The summed E-state index contributed by atoms with van der Waals surface area (Å²) in [5.74, 6) is 1.48. The van der Waals surface area contributed by atoms with E-state index in [4.69, 9.17) is 0 Å². The number of nitrogens with one attached hydrogen (secondary N) is 1. The molecule has 1 N–H and O–H groups in total. The minimum atomic E-state index is 0.106. The van der Waals surface area contributed by atoms with Gasteiger partial charge in [0, 0.05) is 30.6 Å². The predicted octanol–water partition coefficient (Wildman–Crippen LogP) is 2.74. The Morgan fingerprint density at radius 3 is 2.82 bits per heavy atom. The average Bonchev–Trinajstić information content (AvgIpc) is 3.13. The van der Waals surface area contributed by atoms with Crippen molar-refractivity contribution in [1.29, 1.82) is 0 Å². The van der Waals surface area contributed by atoms with Gasteiger partial charge in [0.2, 0.25) is 5.95 Å². The maximum absolute atomic E-state index is 12.4. The van der Waals surface area contributed by atoms with Crippen molar-refractivity contribution in [2.45, 2.75) is 31.2 Å². The second-order valence-electron chi connectivity index (χ2n) is 5.98. The molecule has 114 valence electrons. The quantitative estimate of drug-likeness (QED) is 0.943. The van der Waals surface area contributed by atoms with Gasteiger partial charge in [0.25, 0.3) is 5.91 Å². The number of carbonyl (C=O) groups is 1. The molecular formula is C16H18N4OS. The monoisotopic (exact) mass is 314 g/mol. The van der Waals surface area contributed by atoms with Gasteiger partial charge in [0.1, 0.15) is 5.01 Å². The molecule has 5 nitrogen and oxygen atoms in total. The van der Waals surface area contributed by atoms with Crippen molar-refractivity contribution in [1.82, 2.24) is 14.3 Å². The minimum absolute atomic E-state index is 0.106. The van der Waals surface area contributed by atoms with Crippen LogP contribution in [0.4, 0.5) is 5.95 Å². The third-order valence-electron chi connectivity index (χ3n) is 4.20. The number of anilines is 1. The molecule has 1 aromatic heterocycles. The fourth-order valence-electron chi connectivity index (χ4n) is 2.80. The van der Waals surface area contributed by atoms with Crippen molar-refractivity contribution in [3.63, 3.8) is 0 Å². The smallest absolute Gasteiger partial charge is 0.253 e. The van der Waals surface area contributed by atoms with Crippen LogP contribution in [0.5, 0.6) is 0 Å². The maximum atomic E-state index is 12.4. The molecule has 4 rings (SSSR count). The predicted molar refractivity (Wildman–Crippen MR) is 86.3 cm³/mol. The van der Waals surface area contributed by atoms with E-state index in [1.54, 1.807) is 0 Å². The zero-order valence-electron chi connectivity index (χ0n) is 12.2. The highest BCUT2D eigenvalue weighted by molar-refractivity contribution is 7.05. The maximum Gasteiger partial charge on any atom is 0.253 e. The number of likely N-dealkylation sites (tertiary alicyclic amines) is 1. The fourth-order valence-corrected chi connectivity index (χ4v) is 3.58. The summed E-state index contributed by atoms with van der Waals surface area (Å²) in [5.41, 5.74) is 0.756. The first-order chi connectivity index (χ1) is 10.8. The lowest BCUT2D eigenvalue weighted by Gasteiger charge is -2.16. The van der Waals surface area contributed by atoms with Crippen molar-refractivity contribution < 1.29 is 4.79 Å². The van der Waals surface area contributed by atoms with Crippen LogP contribution in [0.25, 0.3) is 0 Å². The molecule has 0 radical (unpaired) electrons. The summed E-state index contributed by atoms with van der Waals surface area (Å²) in [6.45, 7) is 1.50. The van der Waals surface area contributed by atoms with E-state index >= 15 is 0 Å². The third-order valence-corrected chi connectivity index (χ3v) is 5.07. The summed E-state index contributed by atoms with van der Waals surface area (Å²) >= 11 is 1.50. The van der Waals surface area contributed by atoms with Gasteiger partial charge in [-0.1, -0.05) is 18.2 Å². The molecule has 6 heteroatoms. The van der Waals surface area contributed by atoms with E-state index in [9.17, 15) is 4.79 Å². The molecule has 2 heterocycles. The van der Waals surface area contributed by atoms with E-state index in [0.717, 1.165) is 29.5 Å². The molecule has 1 saturated heterocycles. The molecule has 0 spiro atoms. The van der Waals surface area contributed by atoms with Crippen molar-refractivity contribution >= 4 is 23.4 Å². The normalized spacial score (nSPS) is 21.1. The second-order valence-corrected chi connectivity index (χ2v) is 6.76. The van der Waals surface area contributed by atoms with Crippen molar-refractivity contribution in [3.8, 4) is 0 Å². The third kappa shape index (κ3) is 2.83. The van der Waals surface area contributed by atoms with Crippen LogP contribution in [0.3, 0.4) is 0 Å². The Kier molecular flexibility index (Phi) is 3.54. The number of nitrogens with zero attached hydrogens (tertiary/aromatic N) is 3. The number of hydrogen-bond donors (Lipinski definition) is 1. The molecule has 1 aliphatic heterocycles.